The molecule has 7 rings (SSSR count). The van der Waals surface area contributed by atoms with Gasteiger partial charge in [-0.3, -0.25) is 23.9 Å². The van der Waals surface area contributed by atoms with Gasteiger partial charge in [-0.05, 0) is 38.0 Å². The molecule has 4 N–H and O–H groups in total. The molecule has 2 fully saturated rings. The zero-order valence-electron chi connectivity index (χ0n) is 26.9. The second-order valence-electron chi connectivity index (χ2n) is 12.2. The van der Waals surface area contributed by atoms with E-state index in [1.807, 2.05) is 36.1 Å². The topological polar surface area (TPSA) is 179 Å². The lowest BCUT2D eigenvalue weighted by molar-refractivity contribution is -0.117. The van der Waals surface area contributed by atoms with E-state index >= 15 is 0 Å². The fraction of sp³-hybridized carbons (Fsp3) is 0.333. The summed E-state index contributed by atoms with van der Waals surface area (Å²) in [6.45, 7) is 3.02. The van der Waals surface area contributed by atoms with Crippen molar-refractivity contribution in [3.63, 3.8) is 0 Å². The third kappa shape index (κ3) is 5.36. The lowest BCUT2D eigenvalue weighted by Crippen LogP contribution is -2.52. The number of carbonyl (C=O) groups excluding carboxylic acids is 4. The molecule has 0 bridgehead atoms. The Morgan fingerprint density at radius 2 is 1.60 bits per heavy atom. The zero-order chi connectivity index (χ0) is 33.7. The predicted octanol–water partition coefficient (Wildman–Crippen LogP) is 2.75. The lowest BCUT2D eigenvalue weighted by Gasteiger charge is -2.42. The van der Waals surface area contributed by atoms with Crippen molar-refractivity contribution in [2.75, 3.05) is 49.8 Å². The first-order valence-corrected chi connectivity index (χ1v) is 15.8. The van der Waals surface area contributed by atoms with Crippen molar-refractivity contribution < 1.29 is 19.2 Å². The monoisotopic (exact) mass is 649 g/mol. The number of amides is 4. The van der Waals surface area contributed by atoms with Gasteiger partial charge in [0.2, 0.25) is 5.91 Å². The minimum Gasteiger partial charge on any atom is -0.364 e. The molecular formula is C33H35N11O4. The number of carbonyl (C=O) groups is 4. The minimum absolute atomic E-state index is 0.0129. The highest BCUT2D eigenvalue weighted by atomic mass is 16.2. The standard InChI is InChI=1S/C33H35N11O4/c1-17-28-21(14-36-44(28)19-15-43(16-19)33(48)24-10-6-9-23(38-24)31(46)34-2)20-7-5-8-22(29(20)42(17)4)37-25-13-26(39-30(45)18-11-12-18)40-41-27(25)32(47)35-3/h5-10,13-14,17-19H,11-12,15-16H2,1-4H3,(H,34,46)(H,35,47)(H2,37,39,40,45)/t17-/m1/s1. The molecule has 5 heterocycles. The van der Waals surface area contributed by atoms with Gasteiger partial charge in [0, 0.05) is 57.3 Å². The molecule has 0 spiro atoms. The summed E-state index contributed by atoms with van der Waals surface area (Å²) in [6, 6.07) is 12.2. The van der Waals surface area contributed by atoms with Crippen LogP contribution in [0.2, 0.25) is 0 Å². The fourth-order valence-corrected chi connectivity index (χ4v) is 6.20. The molecule has 3 aliphatic rings. The number of likely N-dealkylation sites (tertiary alicyclic amines) is 1. The van der Waals surface area contributed by atoms with E-state index in [-0.39, 0.29) is 58.6 Å². The second-order valence-corrected chi connectivity index (χ2v) is 12.2. The summed E-state index contributed by atoms with van der Waals surface area (Å²) in [5.41, 5.74) is 5.52. The molecule has 0 unspecified atom stereocenters. The number of hydrogen-bond acceptors (Lipinski definition) is 10. The number of nitrogens with one attached hydrogen (secondary N) is 4. The average Bonchev–Trinajstić information content (AvgIpc) is 3.85. The SMILES string of the molecule is CNC(=O)c1cccc(C(=O)N2CC(n3ncc4c3[C@@H](C)N(C)c3c(Nc5cc(NC(=O)C6CC6)nnc5C(=O)NC)cccc3-4)C2)n1. The summed E-state index contributed by atoms with van der Waals surface area (Å²) in [7, 11) is 5.05. The molecule has 1 saturated heterocycles. The summed E-state index contributed by atoms with van der Waals surface area (Å²) in [5, 5.41) is 24.3. The first kappa shape index (κ1) is 30.8. The van der Waals surface area contributed by atoms with Gasteiger partial charge in [0.05, 0.1) is 41.0 Å². The smallest absolute Gasteiger partial charge is 0.273 e. The van der Waals surface area contributed by atoms with Gasteiger partial charge in [0.25, 0.3) is 17.7 Å². The molecule has 3 aromatic heterocycles. The molecule has 2 aliphatic heterocycles. The average molecular weight is 650 g/mol. The van der Waals surface area contributed by atoms with Crippen LogP contribution in [0.15, 0.2) is 48.7 Å². The van der Waals surface area contributed by atoms with Crippen LogP contribution < -0.4 is 26.2 Å². The Bertz CT molecular complexity index is 1960. The van der Waals surface area contributed by atoms with Gasteiger partial charge in [0.1, 0.15) is 11.4 Å². The number of anilines is 4. The van der Waals surface area contributed by atoms with Crippen LogP contribution in [0, 0.1) is 5.92 Å². The lowest BCUT2D eigenvalue weighted by atomic mass is 9.93. The van der Waals surface area contributed by atoms with Crippen LogP contribution in [0.25, 0.3) is 11.1 Å². The fourth-order valence-electron chi connectivity index (χ4n) is 6.20. The Morgan fingerprint density at radius 1 is 0.875 bits per heavy atom. The molecule has 1 saturated carbocycles. The van der Waals surface area contributed by atoms with Gasteiger partial charge in [-0.1, -0.05) is 18.2 Å². The summed E-state index contributed by atoms with van der Waals surface area (Å²) >= 11 is 0. The van der Waals surface area contributed by atoms with E-state index in [1.54, 1.807) is 29.2 Å². The van der Waals surface area contributed by atoms with Crippen molar-refractivity contribution in [2.24, 2.45) is 5.92 Å². The van der Waals surface area contributed by atoms with Gasteiger partial charge in [-0.2, -0.15) is 5.10 Å². The first-order chi connectivity index (χ1) is 23.2. The highest BCUT2D eigenvalue weighted by Crippen LogP contribution is 2.49. The molecule has 4 amide bonds. The van der Waals surface area contributed by atoms with Gasteiger partial charge in [-0.15, -0.1) is 10.2 Å². The summed E-state index contributed by atoms with van der Waals surface area (Å²) in [4.78, 5) is 58.5. The molecule has 1 aromatic carbocycles. The van der Waals surface area contributed by atoms with Crippen LogP contribution in [0.1, 0.15) is 69.0 Å². The number of para-hydroxylation sites is 1. The van der Waals surface area contributed by atoms with E-state index in [9.17, 15) is 19.2 Å². The van der Waals surface area contributed by atoms with Crippen molar-refractivity contribution in [3.05, 3.63) is 71.4 Å². The van der Waals surface area contributed by atoms with Gasteiger partial charge in [0.15, 0.2) is 11.5 Å². The number of hydrogen-bond donors (Lipinski definition) is 4. The molecule has 15 heteroatoms. The van der Waals surface area contributed by atoms with E-state index in [0.29, 0.717) is 18.8 Å². The van der Waals surface area contributed by atoms with Crippen molar-refractivity contribution in [3.8, 4) is 11.1 Å². The molecule has 48 heavy (non-hydrogen) atoms. The van der Waals surface area contributed by atoms with Crippen LogP contribution >= 0.6 is 0 Å². The highest BCUT2D eigenvalue weighted by Gasteiger charge is 2.39. The summed E-state index contributed by atoms with van der Waals surface area (Å²) < 4.78 is 2.00. The molecule has 1 aliphatic carbocycles. The van der Waals surface area contributed by atoms with E-state index in [2.05, 4.69) is 48.3 Å². The number of aromatic nitrogens is 5. The van der Waals surface area contributed by atoms with Gasteiger partial charge >= 0.3 is 0 Å². The predicted molar refractivity (Wildman–Crippen MR) is 177 cm³/mol. The maximum absolute atomic E-state index is 13.2. The number of nitrogens with zero attached hydrogens (tertiary/aromatic N) is 7. The largest absolute Gasteiger partial charge is 0.364 e. The Morgan fingerprint density at radius 3 is 2.33 bits per heavy atom. The van der Waals surface area contributed by atoms with Gasteiger partial charge in [-0.25, -0.2) is 4.98 Å². The quantitative estimate of drug-likeness (QED) is 0.222. The number of benzene rings is 1. The Balaban J connectivity index is 1.15. The highest BCUT2D eigenvalue weighted by molar-refractivity contribution is 6.01. The normalized spacial score (nSPS) is 16.7. The minimum atomic E-state index is -0.414. The second kappa shape index (κ2) is 12.1. The first-order valence-electron chi connectivity index (χ1n) is 15.8. The summed E-state index contributed by atoms with van der Waals surface area (Å²) in [6.07, 6.45) is 3.56. The molecule has 15 nitrogen and oxygen atoms in total. The van der Waals surface area contributed by atoms with Crippen molar-refractivity contribution in [2.45, 2.75) is 31.8 Å². The molecule has 4 aromatic rings. The van der Waals surface area contributed by atoms with Crippen molar-refractivity contribution in [1.29, 1.82) is 0 Å². The maximum Gasteiger partial charge on any atom is 0.273 e. The van der Waals surface area contributed by atoms with Crippen molar-refractivity contribution in [1.82, 2.24) is 40.5 Å². The van der Waals surface area contributed by atoms with Crippen LogP contribution in [-0.2, 0) is 4.79 Å². The molecule has 1 atom stereocenters. The maximum atomic E-state index is 13.2. The number of fused-ring (bicyclic) bond motifs is 3. The third-order valence-electron chi connectivity index (χ3n) is 9.12. The van der Waals surface area contributed by atoms with E-state index in [1.165, 1.54) is 14.1 Å². The van der Waals surface area contributed by atoms with Crippen LogP contribution in [-0.4, -0.2) is 87.7 Å². The van der Waals surface area contributed by atoms with Crippen LogP contribution in [0.3, 0.4) is 0 Å². The van der Waals surface area contributed by atoms with E-state index < -0.39 is 5.91 Å². The molecule has 246 valence electrons. The Hall–Kier alpha value is -5.86. The number of rotatable bonds is 8. The molecular weight excluding hydrogens is 614 g/mol. The van der Waals surface area contributed by atoms with Crippen LogP contribution in [0.5, 0.6) is 0 Å². The summed E-state index contributed by atoms with van der Waals surface area (Å²) in [5.74, 6) is -0.855. The van der Waals surface area contributed by atoms with Crippen LogP contribution in [0.4, 0.5) is 22.9 Å². The third-order valence-corrected chi connectivity index (χ3v) is 9.12. The Labute approximate surface area is 276 Å². The van der Waals surface area contributed by atoms with E-state index in [4.69, 9.17) is 5.10 Å². The molecule has 0 radical (unpaired) electrons. The zero-order valence-corrected chi connectivity index (χ0v) is 26.9. The number of pyridine rings is 1. The van der Waals surface area contributed by atoms with Gasteiger partial charge < -0.3 is 31.1 Å². The van der Waals surface area contributed by atoms with Crippen molar-refractivity contribution >= 4 is 46.5 Å². The Kier molecular flexibility index (Phi) is 7.73. The van der Waals surface area contributed by atoms with E-state index in [0.717, 1.165) is 41.0 Å².